The Morgan fingerprint density at radius 1 is 1.42 bits per heavy atom. The van der Waals surface area contributed by atoms with Crippen LogP contribution in [-0.4, -0.2) is 29.0 Å². The SMILES string of the molecule is CC(CNC1=NCC2(CCCC2)CS1)c1nccs1. The zero-order valence-electron chi connectivity index (χ0n) is 11.4. The summed E-state index contributed by atoms with van der Waals surface area (Å²) >= 11 is 3.66. The van der Waals surface area contributed by atoms with Gasteiger partial charge in [0.15, 0.2) is 5.17 Å². The van der Waals surface area contributed by atoms with Crippen molar-refractivity contribution < 1.29 is 0 Å². The summed E-state index contributed by atoms with van der Waals surface area (Å²) in [6.07, 6.45) is 7.45. The molecule has 1 aliphatic heterocycles. The molecular formula is C14H21N3S2. The van der Waals surface area contributed by atoms with Gasteiger partial charge in [-0.25, -0.2) is 4.98 Å². The second-order valence-corrected chi connectivity index (χ2v) is 7.66. The smallest absolute Gasteiger partial charge is 0.156 e. The molecule has 2 aliphatic rings. The van der Waals surface area contributed by atoms with Crippen LogP contribution in [0.2, 0.25) is 0 Å². The molecule has 1 aliphatic carbocycles. The summed E-state index contributed by atoms with van der Waals surface area (Å²) in [5.74, 6) is 1.72. The molecule has 0 amide bonds. The Hall–Kier alpha value is -0.550. The highest BCUT2D eigenvalue weighted by Gasteiger charge is 2.36. The van der Waals surface area contributed by atoms with Crippen LogP contribution in [0.15, 0.2) is 16.6 Å². The summed E-state index contributed by atoms with van der Waals surface area (Å²) in [5, 5.41) is 7.89. The maximum Gasteiger partial charge on any atom is 0.156 e. The van der Waals surface area contributed by atoms with Gasteiger partial charge in [0, 0.05) is 36.3 Å². The monoisotopic (exact) mass is 295 g/mol. The third kappa shape index (κ3) is 3.14. The number of hydrogen-bond acceptors (Lipinski definition) is 5. The van der Waals surface area contributed by atoms with Gasteiger partial charge in [0.1, 0.15) is 0 Å². The number of nitrogens with zero attached hydrogens (tertiary/aromatic N) is 2. The van der Waals surface area contributed by atoms with Crippen molar-refractivity contribution in [3.63, 3.8) is 0 Å². The Kier molecular flexibility index (Phi) is 4.12. The number of aromatic nitrogens is 1. The number of amidine groups is 1. The molecule has 1 atom stereocenters. The molecule has 1 saturated carbocycles. The van der Waals surface area contributed by atoms with Gasteiger partial charge >= 0.3 is 0 Å². The Morgan fingerprint density at radius 3 is 2.89 bits per heavy atom. The summed E-state index contributed by atoms with van der Waals surface area (Å²) in [6, 6.07) is 0. The van der Waals surface area contributed by atoms with Crippen molar-refractivity contribution in [2.75, 3.05) is 18.8 Å². The van der Waals surface area contributed by atoms with E-state index in [2.05, 4.69) is 17.2 Å². The first-order valence-corrected chi connectivity index (χ1v) is 8.94. The maximum atomic E-state index is 4.77. The van der Waals surface area contributed by atoms with E-state index in [0.29, 0.717) is 11.3 Å². The second kappa shape index (κ2) is 5.83. The lowest BCUT2D eigenvalue weighted by Crippen LogP contribution is -2.34. The summed E-state index contributed by atoms with van der Waals surface area (Å²) in [5.41, 5.74) is 0.538. The first-order valence-electron chi connectivity index (χ1n) is 7.08. The number of nitrogens with one attached hydrogen (secondary N) is 1. The quantitative estimate of drug-likeness (QED) is 0.927. The maximum absolute atomic E-state index is 4.77. The van der Waals surface area contributed by atoms with Gasteiger partial charge in [0.05, 0.1) is 5.01 Å². The Bertz CT molecular complexity index is 436. The van der Waals surface area contributed by atoms with Gasteiger partial charge in [-0.15, -0.1) is 11.3 Å². The third-order valence-electron chi connectivity index (χ3n) is 4.17. The minimum Gasteiger partial charge on any atom is -0.364 e. The summed E-state index contributed by atoms with van der Waals surface area (Å²) in [4.78, 5) is 9.14. The topological polar surface area (TPSA) is 37.3 Å². The van der Waals surface area contributed by atoms with Gasteiger partial charge in [-0.1, -0.05) is 31.5 Å². The van der Waals surface area contributed by atoms with Crippen LogP contribution in [0.5, 0.6) is 0 Å². The first kappa shape index (κ1) is 13.4. The fraction of sp³-hybridized carbons (Fsp3) is 0.714. The highest BCUT2D eigenvalue weighted by atomic mass is 32.2. The van der Waals surface area contributed by atoms with E-state index in [0.717, 1.165) is 18.3 Å². The van der Waals surface area contributed by atoms with Gasteiger partial charge in [0.2, 0.25) is 0 Å². The van der Waals surface area contributed by atoms with E-state index >= 15 is 0 Å². The van der Waals surface area contributed by atoms with E-state index in [9.17, 15) is 0 Å². The van der Waals surface area contributed by atoms with Crippen molar-refractivity contribution in [1.29, 1.82) is 0 Å². The largest absolute Gasteiger partial charge is 0.364 e. The number of aliphatic imine (C=N–C) groups is 1. The van der Waals surface area contributed by atoms with E-state index < -0.39 is 0 Å². The fourth-order valence-corrected chi connectivity index (χ4v) is 4.75. The predicted molar refractivity (Wildman–Crippen MR) is 84.2 cm³/mol. The van der Waals surface area contributed by atoms with E-state index in [1.165, 1.54) is 36.4 Å². The molecule has 3 nitrogen and oxygen atoms in total. The van der Waals surface area contributed by atoms with E-state index in [-0.39, 0.29) is 0 Å². The van der Waals surface area contributed by atoms with E-state index in [4.69, 9.17) is 4.99 Å². The van der Waals surface area contributed by atoms with Crippen LogP contribution in [0, 0.1) is 5.41 Å². The Balaban J connectivity index is 1.50. The minimum atomic E-state index is 0.464. The second-order valence-electron chi connectivity index (χ2n) is 5.77. The average Bonchev–Trinajstić information content (AvgIpc) is 3.09. The minimum absolute atomic E-state index is 0.464. The Morgan fingerprint density at radius 2 is 2.26 bits per heavy atom. The summed E-state index contributed by atoms with van der Waals surface area (Å²) in [7, 11) is 0. The molecule has 0 radical (unpaired) electrons. The van der Waals surface area contributed by atoms with Crippen molar-refractivity contribution in [1.82, 2.24) is 10.3 Å². The van der Waals surface area contributed by atoms with Gasteiger partial charge in [-0.3, -0.25) is 4.99 Å². The van der Waals surface area contributed by atoms with Gasteiger partial charge in [-0.05, 0) is 18.3 Å². The molecule has 3 rings (SSSR count). The number of hydrogen-bond donors (Lipinski definition) is 1. The van der Waals surface area contributed by atoms with Crippen molar-refractivity contribution >= 4 is 28.3 Å². The van der Waals surface area contributed by atoms with Gasteiger partial charge < -0.3 is 5.32 Å². The lowest BCUT2D eigenvalue weighted by molar-refractivity contribution is 0.358. The van der Waals surface area contributed by atoms with Crippen molar-refractivity contribution in [2.45, 2.75) is 38.5 Å². The molecule has 19 heavy (non-hydrogen) atoms. The summed E-state index contributed by atoms with van der Waals surface area (Å²) in [6.45, 7) is 4.19. The predicted octanol–water partition coefficient (Wildman–Crippen LogP) is 3.50. The summed E-state index contributed by atoms with van der Waals surface area (Å²) < 4.78 is 0. The highest BCUT2D eigenvalue weighted by molar-refractivity contribution is 8.13. The Labute approximate surface area is 123 Å². The number of thiazole rings is 1. The van der Waals surface area contributed by atoms with Crippen LogP contribution in [0.1, 0.15) is 43.5 Å². The highest BCUT2D eigenvalue weighted by Crippen LogP contribution is 2.43. The lowest BCUT2D eigenvalue weighted by Gasteiger charge is -2.31. The van der Waals surface area contributed by atoms with E-state index in [1.807, 2.05) is 23.3 Å². The van der Waals surface area contributed by atoms with Crippen LogP contribution in [0.3, 0.4) is 0 Å². The molecule has 0 saturated heterocycles. The molecule has 0 aromatic carbocycles. The van der Waals surface area contributed by atoms with E-state index in [1.54, 1.807) is 11.3 Å². The van der Waals surface area contributed by atoms with Crippen molar-refractivity contribution in [3.05, 3.63) is 16.6 Å². The normalized spacial score (nSPS) is 23.3. The molecule has 104 valence electrons. The molecule has 5 heteroatoms. The molecule has 1 spiro atoms. The zero-order valence-corrected chi connectivity index (χ0v) is 13.0. The number of thioether (sulfide) groups is 1. The molecule has 1 N–H and O–H groups in total. The molecular weight excluding hydrogens is 274 g/mol. The van der Waals surface area contributed by atoms with Gasteiger partial charge in [0.25, 0.3) is 0 Å². The van der Waals surface area contributed by atoms with Crippen LogP contribution >= 0.6 is 23.1 Å². The first-order chi connectivity index (χ1) is 9.27. The van der Waals surface area contributed by atoms with Crippen molar-refractivity contribution in [2.24, 2.45) is 10.4 Å². The molecule has 1 unspecified atom stereocenters. The lowest BCUT2D eigenvalue weighted by atomic mass is 9.89. The van der Waals surface area contributed by atoms with Crippen LogP contribution in [0.25, 0.3) is 0 Å². The fourth-order valence-electron chi connectivity index (χ4n) is 2.89. The zero-order chi connectivity index (χ0) is 13.1. The standard InChI is InChI=1S/C14H21N3S2/c1-11(12-15-6-7-18-12)8-16-13-17-9-14(10-19-13)4-2-3-5-14/h6-7,11H,2-5,8-10H2,1H3,(H,16,17). The van der Waals surface area contributed by atoms with Crippen LogP contribution in [0.4, 0.5) is 0 Å². The van der Waals surface area contributed by atoms with Crippen molar-refractivity contribution in [3.8, 4) is 0 Å². The third-order valence-corrected chi connectivity index (χ3v) is 6.48. The van der Waals surface area contributed by atoms with Gasteiger partial charge in [-0.2, -0.15) is 0 Å². The molecule has 1 aromatic heterocycles. The van der Waals surface area contributed by atoms with Crippen LogP contribution < -0.4 is 5.32 Å². The van der Waals surface area contributed by atoms with Crippen LogP contribution in [-0.2, 0) is 0 Å². The average molecular weight is 295 g/mol. The molecule has 1 aromatic rings. The molecule has 1 fully saturated rings. The number of rotatable bonds is 3. The molecule has 2 heterocycles. The molecule has 0 bridgehead atoms.